The molecule has 0 aliphatic carbocycles. The topological polar surface area (TPSA) is 44.8 Å². The molecular formula is C15H11ClO4. The fourth-order valence-corrected chi connectivity index (χ4v) is 2.07. The van der Waals surface area contributed by atoms with E-state index in [1.807, 2.05) is 6.07 Å². The van der Waals surface area contributed by atoms with E-state index in [-0.39, 0.29) is 13.4 Å². The van der Waals surface area contributed by atoms with Gasteiger partial charge in [0.05, 0.1) is 5.56 Å². The number of rotatable bonds is 3. The lowest BCUT2D eigenvalue weighted by Gasteiger charge is -2.06. The van der Waals surface area contributed by atoms with Crippen LogP contribution in [-0.2, 0) is 11.3 Å². The number of fused-ring (bicyclic) bond motifs is 1. The van der Waals surface area contributed by atoms with Crippen LogP contribution in [-0.4, -0.2) is 12.8 Å². The van der Waals surface area contributed by atoms with E-state index in [4.69, 9.17) is 25.8 Å². The van der Waals surface area contributed by atoms with Crippen molar-refractivity contribution in [2.45, 2.75) is 6.61 Å². The molecule has 0 unspecified atom stereocenters. The highest BCUT2D eigenvalue weighted by atomic mass is 35.5. The molecule has 102 valence electrons. The monoisotopic (exact) mass is 290 g/mol. The van der Waals surface area contributed by atoms with Crippen LogP contribution in [0, 0.1) is 0 Å². The maximum Gasteiger partial charge on any atom is 0.338 e. The molecule has 0 atom stereocenters. The number of carbonyl (C=O) groups excluding carboxylic acids is 1. The van der Waals surface area contributed by atoms with Crippen LogP contribution < -0.4 is 9.47 Å². The van der Waals surface area contributed by atoms with E-state index in [0.29, 0.717) is 22.1 Å². The predicted molar refractivity (Wildman–Crippen MR) is 73.1 cm³/mol. The molecule has 0 aromatic heterocycles. The van der Waals surface area contributed by atoms with Crippen LogP contribution in [0.3, 0.4) is 0 Å². The molecule has 4 nitrogen and oxygen atoms in total. The zero-order valence-corrected chi connectivity index (χ0v) is 11.2. The van der Waals surface area contributed by atoms with E-state index in [9.17, 15) is 4.79 Å². The summed E-state index contributed by atoms with van der Waals surface area (Å²) in [5.74, 6) is 0.960. The molecule has 0 radical (unpaired) electrons. The molecule has 1 aliphatic rings. The standard InChI is InChI=1S/C15H11ClO4/c16-12-3-1-2-11(7-12)15(17)18-8-10-4-5-13-14(6-10)20-9-19-13/h1-7H,8-9H2. The Hall–Kier alpha value is -2.20. The number of hydrogen-bond donors (Lipinski definition) is 0. The Balaban J connectivity index is 1.66. The van der Waals surface area contributed by atoms with E-state index in [0.717, 1.165) is 5.56 Å². The molecule has 0 spiro atoms. The van der Waals surface area contributed by atoms with Crippen molar-refractivity contribution in [2.75, 3.05) is 6.79 Å². The second-order valence-electron chi connectivity index (χ2n) is 4.27. The summed E-state index contributed by atoms with van der Waals surface area (Å²) >= 11 is 5.83. The minimum absolute atomic E-state index is 0.169. The Morgan fingerprint density at radius 3 is 2.85 bits per heavy atom. The lowest BCUT2D eigenvalue weighted by atomic mass is 10.2. The van der Waals surface area contributed by atoms with Gasteiger partial charge in [-0.25, -0.2) is 4.79 Å². The van der Waals surface area contributed by atoms with Crippen molar-refractivity contribution in [3.05, 3.63) is 58.6 Å². The molecule has 20 heavy (non-hydrogen) atoms. The SMILES string of the molecule is O=C(OCc1ccc2c(c1)OCO2)c1cccc(Cl)c1. The molecule has 0 amide bonds. The summed E-state index contributed by atoms with van der Waals surface area (Å²) in [7, 11) is 0. The average Bonchev–Trinajstić information content (AvgIpc) is 2.92. The number of halogens is 1. The number of esters is 1. The van der Waals surface area contributed by atoms with Gasteiger partial charge in [0.2, 0.25) is 6.79 Å². The zero-order chi connectivity index (χ0) is 13.9. The molecule has 3 rings (SSSR count). The number of ether oxygens (including phenoxy) is 3. The third kappa shape index (κ3) is 2.70. The maximum absolute atomic E-state index is 11.9. The van der Waals surface area contributed by atoms with Crippen molar-refractivity contribution >= 4 is 17.6 Å². The van der Waals surface area contributed by atoms with E-state index in [1.54, 1.807) is 36.4 Å². The third-order valence-electron chi connectivity index (χ3n) is 2.87. The van der Waals surface area contributed by atoms with Gasteiger partial charge in [-0.3, -0.25) is 0 Å². The zero-order valence-electron chi connectivity index (χ0n) is 10.5. The summed E-state index contributed by atoms with van der Waals surface area (Å²) in [4.78, 5) is 11.9. The molecule has 0 saturated carbocycles. The Labute approximate surface area is 120 Å². The molecule has 1 aliphatic heterocycles. The fourth-order valence-electron chi connectivity index (χ4n) is 1.88. The molecule has 0 N–H and O–H groups in total. The van der Waals surface area contributed by atoms with E-state index >= 15 is 0 Å². The highest BCUT2D eigenvalue weighted by Gasteiger charge is 2.14. The minimum Gasteiger partial charge on any atom is -0.457 e. The van der Waals surface area contributed by atoms with Gasteiger partial charge in [0, 0.05) is 5.02 Å². The van der Waals surface area contributed by atoms with Gasteiger partial charge in [0.25, 0.3) is 0 Å². The van der Waals surface area contributed by atoms with E-state index in [2.05, 4.69) is 0 Å². The number of carbonyl (C=O) groups is 1. The Bertz CT molecular complexity index is 654. The molecule has 0 bridgehead atoms. The second-order valence-corrected chi connectivity index (χ2v) is 4.71. The quantitative estimate of drug-likeness (QED) is 0.813. The lowest BCUT2D eigenvalue weighted by molar-refractivity contribution is 0.0472. The molecule has 1 heterocycles. The molecule has 0 saturated heterocycles. The van der Waals surface area contributed by atoms with Crippen LogP contribution in [0.5, 0.6) is 11.5 Å². The van der Waals surface area contributed by atoms with Gasteiger partial charge in [0.1, 0.15) is 6.61 Å². The van der Waals surface area contributed by atoms with Crippen LogP contribution in [0.15, 0.2) is 42.5 Å². The molecule has 2 aromatic carbocycles. The van der Waals surface area contributed by atoms with Crippen LogP contribution in [0.4, 0.5) is 0 Å². The van der Waals surface area contributed by atoms with Crippen molar-refractivity contribution in [3.8, 4) is 11.5 Å². The van der Waals surface area contributed by atoms with Gasteiger partial charge >= 0.3 is 5.97 Å². The second kappa shape index (κ2) is 5.43. The van der Waals surface area contributed by atoms with E-state index in [1.165, 1.54) is 0 Å². The summed E-state index contributed by atoms with van der Waals surface area (Å²) < 4.78 is 15.7. The highest BCUT2D eigenvalue weighted by molar-refractivity contribution is 6.30. The summed E-state index contributed by atoms with van der Waals surface area (Å²) in [5, 5.41) is 0.502. The molecule has 2 aromatic rings. The van der Waals surface area contributed by atoms with Crippen LogP contribution in [0.25, 0.3) is 0 Å². The number of hydrogen-bond acceptors (Lipinski definition) is 4. The van der Waals surface area contributed by atoms with Gasteiger partial charge < -0.3 is 14.2 Å². The first-order valence-electron chi connectivity index (χ1n) is 6.03. The predicted octanol–water partition coefficient (Wildman–Crippen LogP) is 3.43. The first-order valence-corrected chi connectivity index (χ1v) is 6.41. The first-order chi connectivity index (χ1) is 9.72. The normalized spacial score (nSPS) is 12.2. The Morgan fingerprint density at radius 1 is 1.15 bits per heavy atom. The van der Waals surface area contributed by atoms with Crippen molar-refractivity contribution in [1.29, 1.82) is 0 Å². The molecule has 5 heteroatoms. The smallest absolute Gasteiger partial charge is 0.338 e. The minimum atomic E-state index is -0.412. The lowest BCUT2D eigenvalue weighted by Crippen LogP contribution is -2.05. The number of benzene rings is 2. The van der Waals surface area contributed by atoms with Crippen LogP contribution >= 0.6 is 11.6 Å². The van der Waals surface area contributed by atoms with Gasteiger partial charge in [0.15, 0.2) is 11.5 Å². The van der Waals surface area contributed by atoms with Crippen LogP contribution in [0.1, 0.15) is 15.9 Å². The van der Waals surface area contributed by atoms with Crippen molar-refractivity contribution in [1.82, 2.24) is 0 Å². The van der Waals surface area contributed by atoms with Gasteiger partial charge in [-0.05, 0) is 35.9 Å². The molecular weight excluding hydrogens is 280 g/mol. The molecule has 0 fully saturated rings. The third-order valence-corrected chi connectivity index (χ3v) is 3.10. The largest absolute Gasteiger partial charge is 0.457 e. The fraction of sp³-hybridized carbons (Fsp3) is 0.133. The summed E-state index contributed by atoms with van der Waals surface area (Å²) in [5.41, 5.74) is 1.27. The average molecular weight is 291 g/mol. The Morgan fingerprint density at radius 2 is 2.00 bits per heavy atom. The van der Waals surface area contributed by atoms with Crippen molar-refractivity contribution in [3.63, 3.8) is 0 Å². The van der Waals surface area contributed by atoms with E-state index < -0.39 is 5.97 Å². The van der Waals surface area contributed by atoms with Gasteiger partial charge in [-0.2, -0.15) is 0 Å². The summed E-state index contributed by atoms with van der Waals surface area (Å²) in [6.45, 7) is 0.392. The highest BCUT2D eigenvalue weighted by Crippen LogP contribution is 2.32. The summed E-state index contributed by atoms with van der Waals surface area (Å²) in [6, 6.07) is 12.1. The van der Waals surface area contributed by atoms with Crippen LogP contribution in [0.2, 0.25) is 5.02 Å². The first kappa shape index (κ1) is 12.8. The van der Waals surface area contributed by atoms with Crippen molar-refractivity contribution in [2.24, 2.45) is 0 Å². The van der Waals surface area contributed by atoms with Gasteiger partial charge in [-0.15, -0.1) is 0 Å². The summed E-state index contributed by atoms with van der Waals surface area (Å²) in [6.07, 6.45) is 0. The van der Waals surface area contributed by atoms with Gasteiger partial charge in [-0.1, -0.05) is 23.7 Å². The maximum atomic E-state index is 11.9. The Kier molecular flexibility index (Phi) is 3.48. The van der Waals surface area contributed by atoms with Crippen molar-refractivity contribution < 1.29 is 19.0 Å².